The lowest BCUT2D eigenvalue weighted by Gasteiger charge is -1.89. The van der Waals surface area contributed by atoms with E-state index in [1.807, 2.05) is 13.0 Å². The Morgan fingerprint density at radius 1 is 2.00 bits per heavy atom. The van der Waals surface area contributed by atoms with Crippen molar-refractivity contribution in [2.24, 2.45) is 11.7 Å². The molecule has 0 heterocycles. The van der Waals surface area contributed by atoms with Crippen molar-refractivity contribution in [1.29, 1.82) is 5.26 Å². The summed E-state index contributed by atoms with van der Waals surface area (Å²) in [6.45, 7) is 1.99. The molecule has 7 heavy (non-hydrogen) atoms. The second-order valence-corrected chi connectivity index (χ2v) is 2.26. The monoisotopic (exact) mass is 96.1 g/mol. The number of nitrogens with two attached hydrogens (primary N) is 1. The van der Waals surface area contributed by atoms with E-state index in [9.17, 15) is 0 Å². The van der Waals surface area contributed by atoms with Crippen LogP contribution in [0.4, 0.5) is 0 Å². The van der Waals surface area contributed by atoms with Crippen LogP contribution in [0.1, 0.15) is 13.3 Å². The van der Waals surface area contributed by atoms with Crippen molar-refractivity contribution in [1.82, 2.24) is 0 Å². The van der Waals surface area contributed by atoms with Crippen molar-refractivity contribution in [3.63, 3.8) is 0 Å². The Labute approximate surface area is 42.9 Å². The summed E-state index contributed by atoms with van der Waals surface area (Å²) < 4.78 is 0. The summed E-state index contributed by atoms with van der Waals surface area (Å²) in [5, 5.41) is 8.26. The second kappa shape index (κ2) is 0.988. The molecular weight excluding hydrogens is 88.1 g/mol. The van der Waals surface area contributed by atoms with Crippen LogP contribution in [0.15, 0.2) is 0 Å². The summed E-state index contributed by atoms with van der Waals surface area (Å²) in [6.07, 6.45) is 0.878. The zero-order chi connectivity index (χ0) is 5.49. The van der Waals surface area contributed by atoms with Gasteiger partial charge in [-0.2, -0.15) is 5.26 Å². The minimum Gasteiger partial charge on any atom is -0.313 e. The number of nitriles is 1. The highest BCUT2D eigenvalue weighted by Gasteiger charge is 2.48. The lowest BCUT2D eigenvalue weighted by atomic mass is 10.3. The van der Waals surface area contributed by atoms with Crippen LogP contribution in [-0.4, -0.2) is 5.54 Å². The van der Waals surface area contributed by atoms with E-state index < -0.39 is 5.54 Å². The van der Waals surface area contributed by atoms with Crippen LogP contribution in [0.25, 0.3) is 0 Å². The molecule has 0 bridgehead atoms. The van der Waals surface area contributed by atoms with Gasteiger partial charge in [0.25, 0.3) is 0 Å². The van der Waals surface area contributed by atoms with Gasteiger partial charge in [0.05, 0.1) is 6.07 Å². The van der Waals surface area contributed by atoms with Crippen molar-refractivity contribution in [2.45, 2.75) is 18.9 Å². The SMILES string of the molecule is C[C@@H]1C[C@@]1(N)C#N. The van der Waals surface area contributed by atoms with Crippen LogP contribution >= 0.6 is 0 Å². The first kappa shape index (κ1) is 4.61. The molecule has 2 atom stereocenters. The van der Waals surface area contributed by atoms with Crippen molar-refractivity contribution >= 4 is 0 Å². The Morgan fingerprint density at radius 2 is 2.43 bits per heavy atom. The lowest BCUT2D eigenvalue weighted by Crippen LogP contribution is -2.20. The van der Waals surface area contributed by atoms with Gasteiger partial charge in [-0.1, -0.05) is 6.92 Å². The van der Waals surface area contributed by atoms with Crippen LogP contribution in [-0.2, 0) is 0 Å². The van der Waals surface area contributed by atoms with Gasteiger partial charge in [-0.15, -0.1) is 0 Å². The third-order valence-corrected chi connectivity index (χ3v) is 1.57. The predicted molar refractivity (Wildman–Crippen MR) is 26.3 cm³/mol. The van der Waals surface area contributed by atoms with E-state index in [2.05, 4.69) is 0 Å². The first-order valence-corrected chi connectivity index (χ1v) is 2.39. The van der Waals surface area contributed by atoms with Crippen LogP contribution < -0.4 is 5.73 Å². The van der Waals surface area contributed by atoms with Crippen LogP contribution in [0.5, 0.6) is 0 Å². The Hall–Kier alpha value is -0.550. The van der Waals surface area contributed by atoms with Gasteiger partial charge in [-0.25, -0.2) is 0 Å². The first-order chi connectivity index (χ1) is 3.19. The minimum atomic E-state index is -0.444. The van der Waals surface area contributed by atoms with Crippen LogP contribution in [0, 0.1) is 17.2 Å². The fraction of sp³-hybridized carbons (Fsp3) is 0.800. The van der Waals surface area contributed by atoms with Gasteiger partial charge in [0.1, 0.15) is 5.54 Å². The smallest absolute Gasteiger partial charge is 0.107 e. The number of hydrogen-bond acceptors (Lipinski definition) is 2. The molecule has 2 N–H and O–H groups in total. The number of hydrogen-bond donors (Lipinski definition) is 1. The van der Waals surface area contributed by atoms with E-state index in [4.69, 9.17) is 11.0 Å². The first-order valence-electron chi connectivity index (χ1n) is 2.39. The Morgan fingerprint density at radius 3 is 2.43 bits per heavy atom. The molecule has 1 aliphatic carbocycles. The molecule has 0 aliphatic heterocycles. The van der Waals surface area contributed by atoms with Gasteiger partial charge in [-0.3, -0.25) is 0 Å². The van der Waals surface area contributed by atoms with E-state index >= 15 is 0 Å². The van der Waals surface area contributed by atoms with Crippen LogP contribution in [0.2, 0.25) is 0 Å². The molecule has 0 unspecified atom stereocenters. The molecule has 0 amide bonds. The summed E-state index contributed by atoms with van der Waals surface area (Å²) in [5.41, 5.74) is 4.98. The Kier molecular flexibility index (Phi) is 0.650. The molecular formula is C5H8N2. The quantitative estimate of drug-likeness (QED) is 0.470. The van der Waals surface area contributed by atoms with E-state index in [0.717, 1.165) is 6.42 Å². The van der Waals surface area contributed by atoms with Gasteiger partial charge in [0, 0.05) is 0 Å². The maximum Gasteiger partial charge on any atom is 0.107 e. The van der Waals surface area contributed by atoms with Crippen molar-refractivity contribution in [3.05, 3.63) is 0 Å². The van der Waals surface area contributed by atoms with Crippen molar-refractivity contribution in [3.8, 4) is 6.07 Å². The second-order valence-electron chi connectivity index (χ2n) is 2.26. The third kappa shape index (κ3) is 0.495. The molecule has 1 rings (SSSR count). The molecule has 0 radical (unpaired) electrons. The lowest BCUT2D eigenvalue weighted by molar-refractivity contribution is 0.771. The van der Waals surface area contributed by atoms with E-state index in [0.29, 0.717) is 5.92 Å². The molecule has 1 fully saturated rings. The normalized spacial score (nSPS) is 47.9. The fourth-order valence-electron chi connectivity index (χ4n) is 0.604. The maximum atomic E-state index is 8.26. The van der Waals surface area contributed by atoms with Gasteiger partial charge in [0.15, 0.2) is 0 Å². The molecule has 2 heteroatoms. The fourth-order valence-corrected chi connectivity index (χ4v) is 0.604. The highest BCUT2D eigenvalue weighted by atomic mass is 14.8. The van der Waals surface area contributed by atoms with Gasteiger partial charge in [0.2, 0.25) is 0 Å². The largest absolute Gasteiger partial charge is 0.313 e. The summed E-state index contributed by atoms with van der Waals surface area (Å²) in [5.74, 6) is 0.428. The molecule has 38 valence electrons. The van der Waals surface area contributed by atoms with Gasteiger partial charge >= 0.3 is 0 Å². The molecule has 0 aromatic heterocycles. The standard InChI is InChI=1S/C5H8N2/c1-4-2-5(4,7)3-6/h4H,2,7H2,1H3/t4-,5-/m1/s1. The van der Waals surface area contributed by atoms with Crippen molar-refractivity contribution in [2.75, 3.05) is 0 Å². The highest BCUT2D eigenvalue weighted by molar-refractivity contribution is 5.20. The van der Waals surface area contributed by atoms with Gasteiger partial charge in [-0.05, 0) is 12.3 Å². The molecule has 0 aromatic carbocycles. The minimum absolute atomic E-state index is 0.428. The molecule has 1 saturated carbocycles. The third-order valence-electron chi connectivity index (χ3n) is 1.57. The number of rotatable bonds is 0. The molecule has 2 nitrogen and oxygen atoms in total. The summed E-state index contributed by atoms with van der Waals surface area (Å²) in [7, 11) is 0. The molecule has 0 aromatic rings. The van der Waals surface area contributed by atoms with E-state index in [1.165, 1.54) is 0 Å². The average Bonchev–Trinajstić information content (AvgIpc) is 2.18. The zero-order valence-corrected chi connectivity index (χ0v) is 4.31. The van der Waals surface area contributed by atoms with Gasteiger partial charge < -0.3 is 5.73 Å². The topological polar surface area (TPSA) is 49.8 Å². The van der Waals surface area contributed by atoms with E-state index in [1.54, 1.807) is 0 Å². The summed E-state index contributed by atoms with van der Waals surface area (Å²) in [4.78, 5) is 0. The van der Waals surface area contributed by atoms with E-state index in [-0.39, 0.29) is 0 Å². The van der Waals surface area contributed by atoms with Crippen molar-refractivity contribution < 1.29 is 0 Å². The molecule has 0 saturated heterocycles. The summed E-state index contributed by atoms with van der Waals surface area (Å²) in [6, 6.07) is 2.04. The molecule has 0 spiro atoms. The average molecular weight is 96.1 g/mol. The number of nitrogens with zero attached hydrogens (tertiary/aromatic N) is 1. The highest BCUT2D eigenvalue weighted by Crippen LogP contribution is 2.39. The Balaban J connectivity index is 2.57. The summed E-state index contributed by atoms with van der Waals surface area (Å²) >= 11 is 0. The zero-order valence-electron chi connectivity index (χ0n) is 4.31. The Bertz CT molecular complexity index is 125. The predicted octanol–water partition coefficient (Wildman–Crippen LogP) is 0.247. The maximum absolute atomic E-state index is 8.26. The molecule has 1 aliphatic rings. The van der Waals surface area contributed by atoms with Crippen LogP contribution in [0.3, 0.4) is 0 Å².